The Bertz CT molecular complexity index is 560. The van der Waals surface area contributed by atoms with E-state index in [0.717, 1.165) is 11.1 Å². The van der Waals surface area contributed by atoms with E-state index in [1.165, 1.54) is 23.4 Å². The van der Waals surface area contributed by atoms with Crippen LogP contribution in [0.3, 0.4) is 0 Å². The Balaban J connectivity index is 0.000000414. The molecule has 0 aliphatic rings. The van der Waals surface area contributed by atoms with E-state index < -0.39 is 6.43 Å². The number of rotatable bonds is 2. The van der Waals surface area contributed by atoms with E-state index in [1.54, 1.807) is 0 Å². The zero-order valence-electron chi connectivity index (χ0n) is 15.2. The third kappa shape index (κ3) is 7.31. The molecule has 0 bridgehead atoms. The third-order valence-corrected chi connectivity index (χ3v) is 3.31. The van der Waals surface area contributed by atoms with Gasteiger partial charge >= 0.3 is 0 Å². The summed E-state index contributed by atoms with van der Waals surface area (Å²) in [5.74, 6) is 0.264. The van der Waals surface area contributed by atoms with Crippen LogP contribution < -0.4 is 0 Å². The van der Waals surface area contributed by atoms with E-state index in [2.05, 4.69) is 23.8 Å². The highest BCUT2D eigenvalue weighted by atomic mass is 19.3. The van der Waals surface area contributed by atoms with Crippen LogP contribution in [0, 0.1) is 20.8 Å². The average Bonchev–Trinajstić information content (AvgIpc) is 2.53. The maximum atomic E-state index is 12.3. The van der Waals surface area contributed by atoms with Gasteiger partial charge in [-0.15, -0.1) is 0 Å². The third-order valence-electron chi connectivity index (χ3n) is 3.31. The minimum atomic E-state index is -2.47. The van der Waals surface area contributed by atoms with E-state index in [1.807, 2.05) is 53.1 Å². The van der Waals surface area contributed by atoms with Crippen LogP contribution >= 0.6 is 0 Å². The minimum absolute atomic E-state index is 0.130. The van der Waals surface area contributed by atoms with Crippen LogP contribution in [0.1, 0.15) is 68.0 Å². The molecule has 0 N–H and O–H groups in total. The Labute approximate surface area is 139 Å². The van der Waals surface area contributed by atoms with E-state index in [9.17, 15) is 8.78 Å². The summed E-state index contributed by atoms with van der Waals surface area (Å²) in [6.07, 6.45) is 2.71. The smallest absolute Gasteiger partial charge is 0.264 e. The molecule has 4 heteroatoms. The lowest BCUT2D eigenvalue weighted by Gasteiger charge is -2.10. The first kappa shape index (κ1) is 21.2. The van der Waals surface area contributed by atoms with Gasteiger partial charge in [0.25, 0.3) is 6.43 Å². The number of nitrogens with zero attached hydrogens (tertiary/aromatic N) is 2. The molecule has 0 spiro atoms. The van der Waals surface area contributed by atoms with Gasteiger partial charge in [-0.2, -0.15) is 0 Å². The maximum Gasteiger partial charge on any atom is 0.280 e. The molecule has 0 unspecified atom stereocenters. The first-order chi connectivity index (χ1) is 10.8. The lowest BCUT2D eigenvalue weighted by atomic mass is 9.99. The quantitative estimate of drug-likeness (QED) is 0.660. The number of aryl methyl sites for hydroxylation is 3. The van der Waals surface area contributed by atoms with Crippen LogP contribution in [-0.4, -0.2) is 9.97 Å². The fraction of sp³-hybridized carbons (Fsp3) is 0.474. The van der Waals surface area contributed by atoms with Crippen molar-refractivity contribution in [2.75, 3.05) is 0 Å². The molecule has 0 fully saturated rings. The highest BCUT2D eigenvalue weighted by Crippen LogP contribution is 2.23. The van der Waals surface area contributed by atoms with Gasteiger partial charge in [0.05, 0.1) is 0 Å². The van der Waals surface area contributed by atoms with Gasteiger partial charge in [-0.25, -0.2) is 8.78 Å². The van der Waals surface area contributed by atoms with Gasteiger partial charge in [-0.05, 0) is 61.1 Å². The molecular weight excluding hydrogens is 294 g/mol. The van der Waals surface area contributed by atoms with Crippen LogP contribution in [0.2, 0.25) is 0 Å². The average molecular weight is 322 g/mol. The number of hydrogen-bond acceptors (Lipinski definition) is 2. The standard InChI is InChI=1S/C10H13F2N.C7H9N.C2H6/c1-6(2)8-4-9(10(11)12)13-5-7(8)3;1-6-3-4-8-5-7(6)2;1-2/h4-6,10H,1-3H3;3-5H,1-2H3;1-2H3. The van der Waals surface area contributed by atoms with E-state index in [0.29, 0.717) is 0 Å². The maximum absolute atomic E-state index is 12.3. The normalized spacial score (nSPS) is 9.87. The summed E-state index contributed by atoms with van der Waals surface area (Å²) >= 11 is 0. The highest BCUT2D eigenvalue weighted by molar-refractivity contribution is 5.28. The largest absolute Gasteiger partial charge is 0.280 e. The van der Waals surface area contributed by atoms with Gasteiger partial charge in [0.15, 0.2) is 0 Å². The fourth-order valence-corrected chi connectivity index (χ4v) is 1.84. The van der Waals surface area contributed by atoms with Crippen molar-refractivity contribution in [1.82, 2.24) is 9.97 Å². The number of aromatic nitrogens is 2. The molecule has 0 aromatic carbocycles. The van der Waals surface area contributed by atoms with Gasteiger partial charge in [0, 0.05) is 18.6 Å². The van der Waals surface area contributed by atoms with E-state index in [-0.39, 0.29) is 11.6 Å². The van der Waals surface area contributed by atoms with Crippen LogP contribution in [0.15, 0.2) is 30.7 Å². The number of halogens is 2. The second-order valence-corrected chi connectivity index (χ2v) is 5.38. The molecule has 0 aliphatic carbocycles. The van der Waals surface area contributed by atoms with Crippen molar-refractivity contribution in [2.24, 2.45) is 0 Å². The van der Waals surface area contributed by atoms with Crippen LogP contribution in [0.25, 0.3) is 0 Å². The van der Waals surface area contributed by atoms with Crippen LogP contribution in [0.5, 0.6) is 0 Å². The number of alkyl halides is 2. The molecule has 0 amide bonds. The minimum Gasteiger partial charge on any atom is -0.264 e. The topological polar surface area (TPSA) is 25.8 Å². The molecule has 0 atom stereocenters. The molecule has 0 radical (unpaired) electrons. The highest BCUT2D eigenvalue weighted by Gasteiger charge is 2.12. The van der Waals surface area contributed by atoms with Gasteiger partial charge in [-0.1, -0.05) is 27.7 Å². The van der Waals surface area contributed by atoms with Crippen LogP contribution in [-0.2, 0) is 0 Å². The van der Waals surface area contributed by atoms with E-state index >= 15 is 0 Å². The van der Waals surface area contributed by atoms with Crippen molar-refractivity contribution in [3.05, 3.63) is 58.7 Å². The number of hydrogen-bond donors (Lipinski definition) is 0. The summed E-state index contributed by atoms with van der Waals surface area (Å²) in [4.78, 5) is 7.62. The van der Waals surface area contributed by atoms with Gasteiger partial charge in [0.1, 0.15) is 5.69 Å². The van der Waals surface area contributed by atoms with Crippen molar-refractivity contribution < 1.29 is 8.78 Å². The summed E-state index contributed by atoms with van der Waals surface area (Å²) in [6.45, 7) is 14.0. The van der Waals surface area contributed by atoms with E-state index in [4.69, 9.17) is 0 Å². The van der Waals surface area contributed by atoms with Crippen molar-refractivity contribution in [3.8, 4) is 0 Å². The second-order valence-electron chi connectivity index (χ2n) is 5.38. The molecule has 2 rings (SSSR count). The zero-order valence-corrected chi connectivity index (χ0v) is 15.2. The summed E-state index contributed by atoms with van der Waals surface area (Å²) in [7, 11) is 0. The molecule has 2 heterocycles. The van der Waals surface area contributed by atoms with Crippen molar-refractivity contribution in [1.29, 1.82) is 0 Å². The molecule has 23 heavy (non-hydrogen) atoms. The fourth-order valence-electron chi connectivity index (χ4n) is 1.84. The Morgan fingerprint density at radius 3 is 1.91 bits per heavy atom. The Hall–Kier alpha value is -1.84. The molecule has 0 aliphatic heterocycles. The molecule has 2 nitrogen and oxygen atoms in total. The Morgan fingerprint density at radius 1 is 0.913 bits per heavy atom. The molecule has 2 aromatic rings. The summed E-state index contributed by atoms with van der Waals surface area (Å²) in [5.41, 5.74) is 4.35. The molecular formula is C19H28F2N2. The molecule has 2 aromatic heterocycles. The molecule has 128 valence electrons. The molecule has 0 saturated carbocycles. The number of pyridine rings is 2. The van der Waals surface area contributed by atoms with Crippen LogP contribution in [0.4, 0.5) is 8.78 Å². The summed E-state index contributed by atoms with van der Waals surface area (Å²) in [6, 6.07) is 3.50. The van der Waals surface area contributed by atoms with Crippen molar-refractivity contribution in [2.45, 2.75) is 60.8 Å². The Kier molecular flexibility index (Phi) is 9.95. The first-order valence-electron chi connectivity index (χ1n) is 7.94. The van der Waals surface area contributed by atoms with Gasteiger partial charge < -0.3 is 0 Å². The lowest BCUT2D eigenvalue weighted by Crippen LogP contribution is -1.98. The molecule has 0 saturated heterocycles. The van der Waals surface area contributed by atoms with Gasteiger partial charge in [-0.3, -0.25) is 9.97 Å². The first-order valence-corrected chi connectivity index (χ1v) is 7.94. The second kappa shape index (κ2) is 10.8. The van der Waals surface area contributed by atoms with Crippen molar-refractivity contribution in [3.63, 3.8) is 0 Å². The Morgan fingerprint density at radius 2 is 1.52 bits per heavy atom. The lowest BCUT2D eigenvalue weighted by molar-refractivity contribution is 0.146. The predicted octanol–water partition coefficient (Wildman–Crippen LogP) is 6.18. The monoisotopic (exact) mass is 322 g/mol. The summed E-state index contributed by atoms with van der Waals surface area (Å²) < 4.78 is 24.6. The van der Waals surface area contributed by atoms with Crippen molar-refractivity contribution >= 4 is 0 Å². The zero-order chi connectivity index (χ0) is 18.0. The predicted molar refractivity (Wildman–Crippen MR) is 93.1 cm³/mol. The SMILES string of the molecule is CC.Cc1ccncc1C.Cc1cnc(C(F)F)cc1C(C)C. The van der Waals surface area contributed by atoms with Gasteiger partial charge in [0.2, 0.25) is 0 Å². The summed E-state index contributed by atoms with van der Waals surface area (Å²) in [5, 5.41) is 0.